The molecule has 174 valence electrons. The minimum atomic E-state index is -0.659. The molecule has 0 saturated heterocycles. The molecule has 4 heteroatoms. The van der Waals surface area contributed by atoms with Crippen molar-refractivity contribution in [2.45, 2.75) is 26.2 Å². The molecule has 5 aromatic rings. The number of carbonyl (C=O) groups excluding carboxylic acids is 1. The van der Waals surface area contributed by atoms with Gasteiger partial charge in [-0.05, 0) is 35.2 Å². The Balaban J connectivity index is 1.48. The third-order valence-corrected chi connectivity index (χ3v) is 7.88. The number of anilines is 1. The maximum Gasteiger partial charge on any atom is 0.233 e. The summed E-state index contributed by atoms with van der Waals surface area (Å²) in [4.78, 5) is 19.5. The molecule has 0 fully saturated rings. The Kier molecular flexibility index (Phi) is 6.47. The van der Waals surface area contributed by atoms with Gasteiger partial charge in [-0.1, -0.05) is 121 Å². The zero-order valence-electron chi connectivity index (χ0n) is 19.9. The van der Waals surface area contributed by atoms with Crippen molar-refractivity contribution in [2.24, 2.45) is 5.41 Å². The largest absolute Gasteiger partial charge is 0.301 e. The summed E-state index contributed by atoms with van der Waals surface area (Å²) in [6, 6.07) is 35.3. The first-order valence-electron chi connectivity index (χ1n) is 12.0. The topological polar surface area (TPSA) is 42.0 Å². The van der Waals surface area contributed by atoms with E-state index >= 15 is 0 Å². The quantitative estimate of drug-likeness (QED) is 0.257. The van der Waals surface area contributed by atoms with Crippen LogP contribution in [0.5, 0.6) is 0 Å². The van der Waals surface area contributed by atoms with Crippen molar-refractivity contribution in [3.63, 3.8) is 0 Å². The molecule has 1 heterocycles. The molecule has 3 nitrogen and oxygen atoms in total. The Hall–Kier alpha value is -3.76. The maximum atomic E-state index is 13.9. The van der Waals surface area contributed by atoms with Crippen molar-refractivity contribution in [3.8, 4) is 10.4 Å². The molecule has 0 spiro atoms. The highest BCUT2D eigenvalue weighted by molar-refractivity contribution is 7.19. The fourth-order valence-corrected chi connectivity index (χ4v) is 5.70. The van der Waals surface area contributed by atoms with Gasteiger partial charge in [-0.3, -0.25) is 4.79 Å². The predicted octanol–water partition coefficient (Wildman–Crippen LogP) is 8.15. The summed E-state index contributed by atoms with van der Waals surface area (Å²) in [5.74, 6) is -0.0936. The van der Waals surface area contributed by atoms with Crippen LogP contribution < -0.4 is 5.32 Å². The van der Waals surface area contributed by atoms with E-state index in [9.17, 15) is 4.79 Å². The van der Waals surface area contributed by atoms with Gasteiger partial charge in [-0.25, -0.2) is 4.98 Å². The minimum Gasteiger partial charge on any atom is -0.301 e. The fraction of sp³-hybridized carbons (Fsp3) is 0.161. The van der Waals surface area contributed by atoms with Crippen LogP contribution >= 0.6 is 11.3 Å². The van der Waals surface area contributed by atoms with Gasteiger partial charge in [-0.15, -0.1) is 0 Å². The molecule has 0 radical (unpaired) electrons. The number of amides is 1. The number of benzene rings is 4. The highest BCUT2D eigenvalue weighted by Crippen LogP contribution is 2.45. The summed E-state index contributed by atoms with van der Waals surface area (Å²) in [5, 5.41) is 6.16. The molecule has 1 unspecified atom stereocenters. The molecule has 0 bridgehead atoms. The van der Waals surface area contributed by atoms with Crippen LogP contribution in [0.2, 0.25) is 0 Å². The molecule has 0 aliphatic rings. The second-order valence-electron chi connectivity index (χ2n) is 9.04. The van der Waals surface area contributed by atoms with Crippen LogP contribution in [0.1, 0.15) is 37.3 Å². The summed E-state index contributed by atoms with van der Waals surface area (Å²) >= 11 is 1.52. The third-order valence-electron chi connectivity index (χ3n) is 6.94. The van der Waals surface area contributed by atoms with Crippen molar-refractivity contribution < 1.29 is 4.79 Å². The Labute approximate surface area is 210 Å². The van der Waals surface area contributed by atoms with Gasteiger partial charge in [0, 0.05) is 17.7 Å². The number of hydrogen-bond donors (Lipinski definition) is 1. The van der Waals surface area contributed by atoms with E-state index in [0.29, 0.717) is 11.6 Å². The Morgan fingerprint density at radius 3 is 2.11 bits per heavy atom. The molecule has 5 rings (SSSR count). The molecule has 1 atom stereocenters. The molecule has 0 aliphatic heterocycles. The molecule has 35 heavy (non-hydrogen) atoms. The van der Waals surface area contributed by atoms with Gasteiger partial charge in [0.25, 0.3) is 0 Å². The first-order valence-corrected chi connectivity index (χ1v) is 12.8. The van der Waals surface area contributed by atoms with Crippen LogP contribution in [-0.4, -0.2) is 10.9 Å². The third kappa shape index (κ3) is 4.50. The SMILES string of the molecule is CCC(C)(C(=O)Nc1ncc(-c2cccc3ccccc23)s1)C(c1ccccc1)c1ccccc1. The van der Waals surface area contributed by atoms with E-state index in [1.54, 1.807) is 0 Å². The highest BCUT2D eigenvalue weighted by atomic mass is 32.1. The first kappa shape index (κ1) is 23.0. The first-order chi connectivity index (χ1) is 17.1. The van der Waals surface area contributed by atoms with Crippen LogP contribution in [0.3, 0.4) is 0 Å². The van der Waals surface area contributed by atoms with Gasteiger partial charge in [0.15, 0.2) is 5.13 Å². The standard InChI is InChI=1S/C31H28N2OS/c1-3-31(2,28(23-14-6-4-7-15-23)24-16-8-5-9-17-24)29(34)33-30-32-21-27(35-30)26-20-12-18-22-13-10-11-19-25(22)26/h4-21,28H,3H2,1-2H3,(H,32,33,34). The number of nitrogens with one attached hydrogen (secondary N) is 1. The van der Waals surface area contributed by atoms with Crippen LogP contribution in [0, 0.1) is 5.41 Å². The number of aromatic nitrogens is 1. The number of hydrogen-bond acceptors (Lipinski definition) is 3. The maximum absolute atomic E-state index is 13.9. The lowest BCUT2D eigenvalue weighted by Gasteiger charge is -2.36. The van der Waals surface area contributed by atoms with Crippen molar-refractivity contribution in [1.29, 1.82) is 0 Å². The van der Waals surface area contributed by atoms with Crippen LogP contribution in [-0.2, 0) is 4.79 Å². The van der Waals surface area contributed by atoms with Gasteiger partial charge in [0.2, 0.25) is 5.91 Å². The number of fused-ring (bicyclic) bond motifs is 1. The molecule has 4 aromatic carbocycles. The van der Waals surface area contributed by atoms with E-state index in [2.05, 4.69) is 84.8 Å². The highest BCUT2D eigenvalue weighted by Gasteiger charge is 2.41. The van der Waals surface area contributed by atoms with E-state index in [0.717, 1.165) is 21.6 Å². The van der Waals surface area contributed by atoms with E-state index in [1.807, 2.05) is 48.7 Å². The average Bonchev–Trinajstić information content (AvgIpc) is 3.37. The van der Waals surface area contributed by atoms with Crippen molar-refractivity contribution in [1.82, 2.24) is 4.98 Å². The number of rotatable bonds is 7. The van der Waals surface area contributed by atoms with Crippen LogP contribution in [0.15, 0.2) is 109 Å². The van der Waals surface area contributed by atoms with Gasteiger partial charge >= 0.3 is 0 Å². The van der Waals surface area contributed by atoms with E-state index in [1.165, 1.54) is 22.1 Å². The smallest absolute Gasteiger partial charge is 0.233 e. The second kappa shape index (κ2) is 9.85. The lowest BCUT2D eigenvalue weighted by Crippen LogP contribution is -2.39. The molecule has 1 amide bonds. The number of thiazole rings is 1. The molecule has 1 aromatic heterocycles. The second-order valence-corrected chi connectivity index (χ2v) is 10.1. The van der Waals surface area contributed by atoms with Gasteiger partial charge < -0.3 is 5.32 Å². The summed E-state index contributed by atoms with van der Waals surface area (Å²) in [7, 11) is 0. The van der Waals surface area contributed by atoms with Crippen LogP contribution in [0.25, 0.3) is 21.2 Å². The van der Waals surface area contributed by atoms with Crippen molar-refractivity contribution >= 4 is 33.1 Å². The van der Waals surface area contributed by atoms with Crippen molar-refractivity contribution in [3.05, 3.63) is 120 Å². The van der Waals surface area contributed by atoms with Gasteiger partial charge in [0.05, 0.1) is 10.3 Å². The van der Waals surface area contributed by atoms with E-state index in [-0.39, 0.29) is 11.8 Å². The lowest BCUT2D eigenvalue weighted by atomic mass is 9.68. The normalized spacial score (nSPS) is 13.0. The zero-order valence-corrected chi connectivity index (χ0v) is 20.8. The lowest BCUT2D eigenvalue weighted by molar-refractivity contribution is -0.125. The number of nitrogens with zero attached hydrogens (tertiary/aromatic N) is 1. The van der Waals surface area contributed by atoms with Gasteiger partial charge in [0.1, 0.15) is 0 Å². The zero-order chi connectivity index (χ0) is 24.3. The average molecular weight is 477 g/mol. The van der Waals surface area contributed by atoms with E-state index in [4.69, 9.17) is 0 Å². The molecule has 1 N–H and O–H groups in total. The summed E-state index contributed by atoms with van der Waals surface area (Å²) in [6.07, 6.45) is 2.55. The molecule has 0 aliphatic carbocycles. The summed E-state index contributed by atoms with van der Waals surface area (Å²) in [5.41, 5.74) is 2.74. The Bertz CT molecular complexity index is 1400. The van der Waals surface area contributed by atoms with Crippen LogP contribution in [0.4, 0.5) is 5.13 Å². The van der Waals surface area contributed by atoms with Crippen molar-refractivity contribution in [2.75, 3.05) is 5.32 Å². The molecule has 0 saturated carbocycles. The Morgan fingerprint density at radius 1 is 0.857 bits per heavy atom. The Morgan fingerprint density at radius 2 is 1.46 bits per heavy atom. The molecular weight excluding hydrogens is 448 g/mol. The summed E-state index contributed by atoms with van der Waals surface area (Å²) < 4.78 is 0. The molecular formula is C31H28N2OS. The van der Waals surface area contributed by atoms with E-state index < -0.39 is 5.41 Å². The summed E-state index contributed by atoms with van der Waals surface area (Å²) in [6.45, 7) is 4.15. The fourth-order valence-electron chi connectivity index (χ4n) is 4.85. The number of carbonyl (C=O) groups is 1. The minimum absolute atomic E-state index is 0.0171. The van der Waals surface area contributed by atoms with Gasteiger partial charge in [-0.2, -0.15) is 0 Å². The predicted molar refractivity (Wildman–Crippen MR) is 147 cm³/mol. The monoisotopic (exact) mass is 476 g/mol.